The number of rotatable bonds is 3. The fourth-order valence-electron chi connectivity index (χ4n) is 3.83. The predicted octanol–water partition coefficient (Wildman–Crippen LogP) is 3.50. The van der Waals surface area contributed by atoms with Crippen LogP contribution in [0, 0.1) is 0 Å². The lowest BCUT2D eigenvalue weighted by Crippen LogP contribution is -2.20. The maximum absolute atomic E-state index is 13.4. The molecule has 0 fully saturated rings. The molecule has 0 atom stereocenters. The number of ether oxygens (including phenoxy) is 1. The molecule has 7 heteroatoms. The monoisotopic (exact) mass is 422 g/mol. The molecule has 0 spiro atoms. The van der Waals surface area contributed by atoms with Crippen molar-refractivity contribution in [3.63, 3.8) is 0 Å². The van der Waals surface area contributed by atoms with E-state index >= 15 is 0 Å². The molecular formula is C25H18N4O3. The van der Waals surface area contributed by atoms with E-state index in [2.05, 4.69) is 10.2 Å². The Morgan fingerprint density at radius 2 is 1.41 bits per heavy atom. The van der Waals surface area contributed by atoms with Crippen molar-refractivity contribution in [1.29, 1.82) is 0 Å². The van der Waals surface area contributed by atoms with Crippen LogP contribution in [-0.2, 0) is 0 Å². The maximum Gasteiger partial charge on any atom is 0.214 e. The average molecular weight is 422 g/mol. The third-order valence-corrected chi connectivity index (χ3v) is 5.41. The van der Waals surface area contributed by atoms with Gasteiger partial charge in [-0.3, -0.25) is 14.2 Å². The highest BCUT2D eigenvalue weighted by atomic mass is 16.5. The molecule has 156 valence electrons. The largest absolute Gasteiger partial charge is 0.497 e. The van der Waals surface area contributed by atoms with Crippen LogP contribution in [0.25, 0.3) is 39.1 Å². The molecule has 0 saturated heterocycles. The Kier molecular flexibility index (Phi) is 4.63. The van der Waals surface area contributed by atoms with E-state index in [-0.39, 0.29) is 27.9 Å². The van der Waals surface area contributed by atoms with Gasteiger partial charge in [-0.1, -0.05) is 54.6 Å². The summed E-state index contributed by atoms with van der Waals surface area (Å²) in [6, 6.07) is 23.2. The van der Waals surface area contributed by atoms with Gasteiger partial charge in [-0.2, -0.15) is 0 Å². The molecule has 3 aromatic carbocycles. The third-order valence-electron chi connectivity index (χ3n) is 5.41. The number of hydrogen-bond acceptors (Lipinski definition) is 6. The first-order valence-electron chi connectivity index (χ1n) is 9.94. The van der Waals surface area contributed by atoms with Crippen LogP contribution < -0.4 is 21.3 Å². The Bertz CT molecular complexity index is 1540. The van der Waals surface area contributed by atoms with Crippen molar-refractivity contribution in [3.05, 3.63) is 99.3 Å². The summed E-state index contributed by atoms with van der Waals surface area (Å²) in [5, 5.41) is 9.21. The predicted molar refractivity (Wildman–Crippen MR) is 124 cm³/mol. The summed E-state index contributed by atoms with van der Waals surface area (Å²) in [6.45, 7) is 0. The van der Waals surface area contributed by atoms with Gasteiger partial charge < -0.3 is 10.5 Å². The summed E-state index contributed by atoms with van der Waals surface area (Å²) < 4.78 is 6.90. The molecule has 2 aliphatic rings. The van der Waals surface area contributed by atoms with E-state index in [9.17, 15) is 9.59 Å². The molecular weight excluding hydrogens is 404 g/mol. The highest BCUT2D eigenvalue weighted by Gasteiger charge is 2.23. The normalized spacial score (nSPS) is 11.0. The van der Waals surface area contributed by atoms with Gasteiger partial charge in [0, 0.05) is 22.0 Å². The van der Waals surface area contributed by atoms with Crippen LogP contribution in [0.3, 0.4) is 0 Å². The molecule has 5 rings (SSSR count). The smallest absolute Gasteiger partial charge is 0.214 e. The minimum atomic E-state index is -0.383. The summed E-state index contributed by atoms with van der Waals surface area (Å²) in [4.78, 5) is 26.6. The average Bonchev–Trinajstić information content (AvgIpc) is 3.00. The van der Waals surface area contributed by atoms with Gasteiger partial charge in [0.25, 0.3) is 0 Å². The van der Waals surface area contributed by atoms with Crippen LogP contribution >= 0.6 is 0 Å². The quantitative estimate of drug-likeness (QED) is 0.478. The van der Waals surface area contributed by atoms with Crippen LogP contribution in [0.2, 0.25) is 0 Å². The molecule has 2 N–H and O–H groups in total. The number of nitrogen functional groups attached to an aromatic ring is 1. The third kappa shape index (κ3) is 2.99. The maximum atomic E-state index is 13.4. The number of anilines is 1. The van der Waals surface area contributed by atoms with Crippen molar-refractivity contribution < 1.29 is 4.74 Å². The molecule has 1 aliphatic carbocycles. The molecule has 7 nitrogen and oxygen atoms in total. The summed E-state index contributed by atoms with van der Waals surface area (Å²) >= 11 is 0. The summed E-state index contributed by atoms with van der Waals surface area (Å²) in [7, 11) is 1.58. The number of aromatic nitrogens is 3. The van der Waals surface area contributed by atoms with Gasteiger partial charge in [-0.05, 0) is 24.3 Å². The second-order valence-electron chi connectivity index (χ2n) is 7.24. The molecule has 3 aromatic rings. The van der Waals surface area contributed by atoms with Gasteiger partial charge >= 0.3 is 0 Å². The summed E-state index contributed by atoms with van der Waals surface area (Å²) in [6.07, 6.45) is 0. The molecule has 0 bridgehead atoms. The van der Waals surface area contributed by atoms with Crippen LogP contribution in [0.1, 0.15) is 0 Å². The number of fused-ring (bicyclic) bond motifs is 2. The second-order valence-corrected chi connectivity index (χ2v) is 7.24. The topological polar surface area (TPSA) is 100 Å². The minimum Gasteiger partial charge on any atom is -0.497 e. The lowest BCUT2D eigenvalue weighted by Gasteiger charge is -2.14. The van der Waals surface area contributed by atoms with Gasteiger partial charge in [-0.15, -0.1) is 10.2 Å². The van der Waals surface area contributed by atoms with Crippen molar-refractivity contribution in [2.24, 2.45) is 0 Å². The second kappa shape index (κ2) is 7.63. The number of benzene rings is 4. The molecule has 0 unspecified atom stereocenters. The fourth-order valence-corrected chi connectivity index (χ4v) is 3.83. The first kappa shape index (κ1) is 19.4. The van der Waals surface area contributed by atoms with E-state index in [1.807, 2.05) is 30.3 Å². The van der Waals surface area contributed by atoms with Crippen molar-refractivity contribution >= 4 is 16.6 Å². The van der Waals surface area contributed by atoms with Gasteiger partial charge in [0.1, 0.15) is 17.3 Å². The summed E-state index contributed by atoms with van der Waals surface area (Å²) in [5.74, 6) is 1.15. The van der Waals surface area contributed by atoms with E-state index < -0.39 is 0 Å². The Balaban J connectivity index is 1.98. The zero-order valence-corrected chi connectivity index (χ0v) is 17.1. The first-order chi connectivity index (χ1) is 15.6. The summed E-state index contributed by atoms with van der Waals surface area (Å²) in [5.41, 5.74) is 7.23. The van der Waals surface area contributed by atoms with E-state index in [1.54, 1.807) is 60.2 Å². The van der Waals surface area contributed by atoms with E-state index in [4.69, 9.17) is 10.5 Å². The Hall–Kier alpha value is -4.52. The van der Waals surface area contributed by atoms with Crippen LogP contribution in [-0.4, -0.2) is 21.9 Å². The lowest BCUT2D eigenvalue weighted by molar-refractivity contribution is 0.415. The van der Waals surface area contributed by atoms with Gasteiger partial charge in [-0.25, -0.2) is 0 Å². The standard InChI is InChI=1S/C25H18N4O3/c1-32-17-13-11-16(12-14-17)29-24(26)20-21(27-28-25(29)15-7-3-2-4-8-15)23(31)19-10-6-5-9-18(19)22(20)30/h2-14H,26H2,1H3. The SMILES string of the molecule is COc1ccc(-n2c(-c3ccccc3)nnc3c(=O)c4ccccc4c(=O)c-3c2N)cc1. The zero-order chi connectivity index (χ0) is 22.2. The van der Waals surface area contributed by atoms with Crippen molar-refractivity contribution in [2.75, 3.05) is 12.8 Å². The van der Waals surface area contributed by atoms with Gasteiger partial charge in [0.2, 0.25) is 5.43 Å². The van der Waals surface area contributed by atoms with E-state index in [1.165, 1.54) is 0 Å². The number of nitrogens with two attached hydrogens (primary N) is 1. The van der Waals surface area contributed by atoms with E-state index in [0.717, 1.165) is 5.56 Å². The number of nitrogens with zero attached hydrogens (tertiary/aromatic N) is 3. The molecule has 32 heavy (non-hydrogen) atoms. The number of methoxy groups -OCH3 is 1. The minimum absolute atomic E-state index is 0.0409. The molecule has 0 radical (unpaired) electrons. The molecule has 1 aliphatic heterocycles. The lowest BCUT2D eigenvalue weighted by atomic mass is 10.0. The highest BCUT2D eigenvalue weighted by Crippen LogP contribution is 2.29. The zero-order valence-electron chi connectivity index (χ0n) is 17.1. The number of hydrogen-bond donors (Lipinski definition) is 1. The van der Waals surface area contributed by atoms with Crippen LogP contribution in [0.5, 0.6) is 5.75 Å². The van der Waals surface area contributed by atoms with Gasteiger partial charge in [0.05, 0.1) is 12.7 Å². The van der Waals surface area contributed by atoms with Crippen LogP contribution in [0.15, 0.2) is 88.5 Å². The van der Waals surface area contributed by atoms with Crippen LogP contribution in [0.4, 0.5) is 5.82 Å². The van der Waals surface area contributed by atoms with E-state index in [0.29, 0.717) is 28.0 Å². The van der Waals surface area contributed by atoms with Gasteiger partial charge in [0.15, 0.2) is 11.3 Å². The molecule has 0 amide bonds. The molecule has 0 aromatic heterocycles. The highest BCUT2D eigenvalue weighted by molar-refractivity contribution is 5.92. The first-order valence-corrected chi connectivity index (χ1v) is 9.94. The van der Waals surface area contributed by atoms with Crippen molar-refractivity contribution in [2.45, 2.75) is 0 Å². The fraction of sp³-hybridized carbons (Fsp3) is 0.0400. The Morgan fingerprint density at radius 1 is 0.781 bits per heavy atom. The molecule has 1 heterocycles. The van der Waals surface area contributed by atoms with Crippen molar-refractivity contribution in [1.82, 2.24) is 14.8 Å². The Labute approximate surface area is 182 Å². The Morgan fingerprint density at radius 3 is 2.06 bits per heavy atom. The molecule has 0 saturated carbocycles. The van der Waals surface area contributed by atoms with Crippen molar-refractivity contribution in [3.8, 4) is 34.1 Å².